The summed E-state index contributed by atoms with van der Waals surface area (Å²) in [6, 6.07) is 0.284. The summed E-state index contributed by atoms with van der Waals surface area (Å²) in [6.45, 7) is 2.78. The summed E-state index contributed by atoms with van der Waals surface area (Å²) < 4.78 is 0. The Morgan fingerprint density at radius 3 is 2.71 bits per heavy atom. The van der Waals surface area contributed by atoms with E-state index in [2.05, 4.69) is 17.6 Å². The zero-order valence-electron chi connectivity index (χ0n) is 9.09. The maximum absolute atomic E-state index is 11.3. The van der Waals surface area contributed by atoms with E-state index in [0.29, 0.717) is 12.6 Å². The third-order valence-corrected chi connectivity index (χ3v) is 2.70. The molecule has 1 aliphatic rings. The fourth-order valence-electron chi connectivity index (χ4n) is 1.81. The molecule has 0 unspecified atom stereocenters. The first-order chi connectivity index (χ1) is 6.83. The largest absolute Gasteiger partial charge is 0.336 e. The zero-order valence-corrected chi connectivity index (χ0v) is 9.09. The molecule has 0 saturated heterocycles. The van der Waals surface area contributed by atoms with E-state index in [1.165, 1.54) is 19.3 Å². The van der Waals surface area contributed by atoms with Gasteiger partial charge in [0, 0.05) is 12.6 Å². The molecule has 14 heavy (non-hydrogen) atoms. The van der Waals surface area contributed by atoms with Crippen molar-refractivity contribution in [3.63, 3.8) is 0 Å². The zero-order chi connectivity index (χ0) is 10.2. The third-order valence-electron chi connectivity index (χ3n) is 2.70. The number of carbonyl (C=O) groups is 1. The first-order valence-electron chi connectivity index (χ1n) is 5.81. The third kappa shape index (κ3) is 4.49. The van der Waals surface area contributed by atoms with Gasteiger partial charge in [0.05, 0.1) is 0 Å². The molecular weight excluding hydrogens is 176 g/mol. The van der Waals surface area contributed by atoms with Gasteiger partial charge in [-0.3, -0.25) is 0 Å². The molecule has 1 saturated carbocycles. The lowest BCUT2D eigenvalue weighted by Crippen LogP contribution is -2.40. The van der Waals surface area contributed by atoms with E-state index in [1.807, 2.05) is 0 Å². The molecule has 1 N–H and O–H groups in total. The first kappa shape index (κ1) is 11.3. The van der Waals surface area contributed by atoms with E-state index in [1.54, 1.807) is 0 Å². The number of unbranched alkanes of at least 4 members (excludes halogenated alkanes) is 1. The van der Waals surface area contributed by atoms with Gasteiger partial charge in [0.1, 0.15) is 0 Å². The molecule has 0 bridgehead atoms. The van der Waals surface area contributed by atoms with Gasteiger partial charge in [-0.2, -0.15) is 0 Å². The molecule has 0 heterocycles. The Hall–Kier alpha value is -0.730. The molecule has 0 aromatic carbocycles. The van der Waals surface area contributed by atoms with Gasteiger partial charge in [-0.15, -0.1) is 0 Å². The Labute approximate surface area is 86.6 Å². The van der Waals surface area contributed by atoms with Gasteiger partial charge < -0.3 is 5.32 Å². The molecule has 1 rings (SSSR count). The van der Waals surface area contributed by atoms with Crippen LogP contribution in [0.4, 0.5) is 4.79 Å². The van der Waals surface area contributed by atoms with E-state index in [4.69, 9.17) is 0 Å². The molecule has 1 radical (unpaired) electrons. The average Bonchev–Trinajstić information content (AvgIpc) is 2.20. The van der Waals surface area contributed by atoms with Crippen LogP contribution in [0.15, 0.2) is 0 Å². The molecule has 0 aromatic heterocycles. The molecule has 0 atom stereocenters. The Bertz CT molecular complexity index is 165. The summed E-state index contributed by atoms with van der Waals surface area (Å²) in [7, 11) is 0. The van der Waals surface area contributed by atoms with Crippen LogP contribution in [-0.2, 0) is 0 Å². The minimum absolute atomic E-state index is 0.106. The predicted octanol–water partition coefficient (Wildman–Crippen LogP) is 2.43. The topological polar surface area (TPSA) is 43.2 Å². The highest BCUT2D eigenvalue weighted by Crippen LogP contribution is 2.17. The second kappa shape index (κ2) is 6.68. The molecule has 0 aliphatic heterocycles. The minimum Gasteiger partial charge on any atom is -0.334 e. The van der Waals surface area contributed by atoms with Crippen molar-refractivity contribution < 1.29 is 4.79 Å². The maximum Gasteiger partial charge on any atom is 0.336 e. The number of amides is 2. The van der Waals surface area contributed by atoms with Gasteiger partial charge in [0.15, 0.2) is 0 Å². The van der Waals surface area contributed by atoms with Crippen LogP contribution < -0.4 is 10.6 Å². The van der Waals surface area contributed by atoms with Crippen LogP contribution in [0.2, 0.25) is 0 Å². The van der Waals surface area contributed by atoms with Crippen LogP contribution in [0.1, 0.15) is 51.9 Å². The Balaban J connectivity index is 2.06. The summed E-state index contributed by atoms with van der Waals surface area (Å²) in [4.78, 5) is 11.3. The van der Waals surface area contributed by atoms with E-state index in [-0.39, 0.29) is 6.03 Å². The number of rotatable bonds is 4. The minimum atomic E-state index is -0.106. The van der Waals surface area contributed by atoms with E-state index in [0.717, 1.165) is 25.7 Å². The number of hydrogen-bond acceptors (Lipinski definition) is 1. The second-order valence-electron chi connectivity index (χ2n) is 4.02. The first-order valence-corrected chi connectivity index (χ1v) is 5.81. The van der Waals surface area contributed by atoms with Gasteiger partial charge in [-0.25, -0.2) is 10.1 Å². The summed E-state index contributed by atoms with van der Waals surface area (Å²) in [5, 5.41) is 6.93. The standard InChI is InChI=1S/C11H21N2O/c1-2-3-9-12-11(14)13-10-7-5-4-6-8-10/h10H,2-9H2,1H3,(H,13,14). The second-order valence-corrected chi connectivity index (χ2v) is 4.02. The Morgan fingerprint density at radius 2 is 2.07 bits per heavy atom. The molecular formula is C11H21N2O. The molecule has 2 amide bonds. The molecule has 0 spiro atoms. The van der Waals surface area contributed by atoms with Gasteiger partial charge in [0.25, 0.3) is 0 Å². The van der Waals surface area contributed by atoms with Gasteiger partial charge in [-0.05, 0) is 19.3 Å². The number of hydrogen-bond donors (Lipinski definition) is 1. The fraction of sp³-hybridized carbons (Fsp3) is 0.909. The van der Waals surface area contributed by atoms with Crippen LogP contribution in [0.3, 0.4) is 0 Å². The number of nitrogens with one attached hydrogen (secondary N) is 1. The average molecular weight is 197 g/mol. The molecule has 81 valence electrons. The number of carbonyl (C=O) groups excluding carboxylic acids is 1. The van der Waals surface area contributed by atoms with Crippen LogP contribution in [0, 0.1) is 0 Å². The SMILES string of the molecule is CCCC[N]C(=O)NC1CCCCC1. The maximum atomic E-state index is 11.3. The molecule has 1 aliphatic carbocycles. The summed E-state index contributed by atoms with van der Waals surface area (Å²) >= 11 is 0. The van der Waals surface area contributed by atoms with Crippen molar-refractivity contribution >= 4 is 6.03 Å². The normalized spacial score (nSPS) is 17.8. The van der Waals surface area contributed by atoms with Crippen LogP contribution >= 0.6 is 0 Å². The fourth-order valence-corrected chi connectivity index (χ4v) is 1.81. The monoisotopic (exact) mass is 197 g/mol. The van der Waals surface area contributed by atoms with Crippen LogP contribution in [0.5, 0.6) is 0 Å². The quantitative estimate of drug-likeness (QED) is 0.691. The van der Waals surface area contributed by atoms with E-state index < -0.39 is 0 Å². The highest BCUT2D eigenvalue weighted by Gasteiger charge is 2.15. The van der Waals surface area contributed by atoms with Crippen LogP contribution in [-0.4, -0.2) is 18.6 Å². The van der Waals surface area contributed by atoms with Crippen molar-refractivity contribution in [3.8, 4) is 0 Å². The highest BCUT2D eigenvalue weighted by atomic mass is 16.2. The van der Waals surface area contributed by atoms with Crippen molar-refractivity contribution in [2.45, 2.75) is 57.9 Å². The Morgan fingerprint density at radius 1 is 1.36 bits per heavy atom. The number of urea groups is 1. The summed E-state index contributed by atoms with van der Waals surface area (Å²) in [5.74, 6) is 0. The lowest BCUT2D eigenvalue weighted by Gasteiger charge is -2.22. The van der Waals surface area contributed by atoms with Crippen molar-refractivity contribution in [1.82, 2.24) is 10.6 Å². The smallest absolute Gasteiger partial charge is 0.334 e. The summed E-state index contributed by atoms with van der Waals surface area (Å²) in [6.07, 6.45) is 8.20. The summed E-state index contributed by atoms with van der Waals surface area (Å²) in [5.41, 5.74) is 0. The van der Waals surface area contributed by atoms with E-state index in [9.17, 15) is 4.79 Å². The predicted molar refractivity (Wildman–Crippen MR) is 57.3 cm³/mol. The van der Waals surface area contributed by atoms with E-state index >= 15 is 0 Å². The van der Waals surface area contributed by atoms with Crippen molar-refractivity contribution in [1.29, 1.82) is 0 Å². The van der Waals surface area contributed by atoms with Gasteiger partial charge in [0.2, 0.25) is 0 Å². The van der Waals surface area contributed by atoms with Gasteiger partial charge >= 0.3 is 6.03 Å². The lowest BCUT2D eigenvalue weighted by molar-refractivity contribution is 0.231. The lowest BCUT2D eigenvalue weighted by atomic mass is 9.96. The molecule has 3 nitrogen and oxygen atoms in total. The molecule has 0 aromatic rings. The van der Waals surface area contributed by atoms with Crippen molar-refractivity contribution in [2.75, 3.05) is 6.54 Å². The molecule has 3 heteroatoms. The number of nitrogens with zero attached hydrogens (tertiary/aromatic N) is 1. The van der Waals surface area contributed by atoms with Gasteiger partial charge in [-0.1, -0.05) is 32.6 Å². The van der Waals surface area contributed by atoms with Crippen LogP contribution in [0.25, 0.3) is 0 Å². The molecule has 1 fully saturated rings. The Kier molecular flexibility index (Phi) is 5.42. The van der Waals surface area contributed by atoms with Crippen molar-refractivity contribution in [3.05, 3.63) is 0 Å². The van der Waals surface area contributed by atoms with Crippen molar-refractivity contribution in [2.24, 2.45) is 0 Å². The highest BCUT2D eigenvalue weighted by molar-refractivity contribution is 5.73.